The zero-order valence-electron chi connectivity index (χ0n) is 25.8. The maximum Gasteiger partial charge on any atom is 0.305 e. The van der Waals surface area contributed by atoms with Crippen molar-refractivity contribution in [3.8, 4) is 11.1 Å². The normalized spacial score (nSPS) is 10.7. The molecule has 0 saturated carbocycles. The Bertz CT molecular complexity index is 1450. The van der Waals surface area contributed by atoms with Crippen LogP contribution in [0.3, 0.4) is 0 Å². The number of aliphatic carboxylic acids is 1. The fraction of sp³-hybridized carbons (Fsp3) is 0.314. The first-order valence-corrected chi connectivity index (χ1v) is 14.8. The Labute approximate surface area is 254 Å². The van der Waals surface area contributed by atoms with Crippen molar-refractivity contribution in [1.29, 1.82) is 0 Å². The number of hydrogen-bond donors (Lipinski definition) is 4. The molecule has 0 bridgehead atoms. The van der Waals surface area contributed by atoms with Crippen LogP contribution >= 0.6 is 0 Å². The van der Waals surface area contributed by atoms with Gasteiger partial charge >= 0.3 is 5.97 Å². The number of aryl methyl sites for hydroxylation is 2. The summed E-state index contributed by atoms with van der Waals surface area (Å²) in [6, 6.07) is 23.6. The van der Waals surface area contributed by atoms with Gasteiger partial charge in [-0.3, -0.25) is 14.4 Å². The summed E-state index contributed by atoms with van der Waals surface area (Å²) in [7, 11) is 0. The number of pyridine rings is 1. The lowest BCUT2D eigenvalue weighted by Crippen LogP contribution is -2.22. The number of anilines is 1. The van der Waals surface area contributed by atoms with Crippen molar-refractivity contribution in [2.24, 2.45) is 0 Å². The Morgan fingerprint density at radius 3 is 2.28 bits per heavy atom. The van der Waals surface area contributed by atoms with Gasteiger partial charge in [0.25, 0.3) is 0 Å². The number of nitrogens with one attached hydrogen (secondary N) is 3. The lowest BCUT2D eigenvalue weighted by atomic mass is 9.94. The first-order chi connectivity index (χ1) is 20.8. The fourth-order valence-corrected chi connectivity index (χ4v) is 4.51. The summed E-state index contributed by atoms with van der Waals surface area (Å²) in [5, 5.41) is 19.9. The van der Waals surface area contributed by atoms with Crippen LogP contribution in [0.1, 0.15) is 62.8 Å². The third kappa shape index (κ3) is 11.2. The van der Waals surface area contributed by atoms with E-state index in [9.17, 15) is 14.4 Å². The van der Waals surface area contributed by atoms with Gasteiger partial charge in [0.15, 0.2) is 0 Å². The van der Waals surface area contributed by atoms with Gasteiger partial charge in [0.05, 0.1) is 12.5 Å². The first kappa shape index (κ1) is 34.5. The maximum atomic E-state index is 11.2. The summed E-state index contributed by atoms with van der Waals surface area (Å²) >= 11 is 0. The van der Waals surface area contributed by atoms with E-state index in [2.05, 4.69) is 52.1 Å². The van der Waals surface area contributed by atoms with Gasteiger partial charge in [0.2, 0.25) is 12.3 Å². The predicted molar refractivity (Wildman–Crippen MR) is 175 cm³/mol. The second-order valence-corrected chi connectivity index (χ2v) is 9.73. The van der Waals surface area contributed by atoms with Crippen LogP contribution < -0.4 is 16.0 Å². The summed E-state index contributed by atoms with van der Waals surface area (Å²) in [5.74, 6) is 0.0327. The number of carbonyl (C=O) groups is 3. The summed E-state index contributed by atoms with van der Waals surface area (Å²) in [4.78, 5) is 37.0. The summed E-state index contributed by atoms with van der Waals surface area (Å²) in [5.41, 5.74) is 5.37. The lowest BCUT2D eigenvalue weighted by molar-refractivity contribution is -0.137. The number of amides is 2. The highest BCUT2D eigenvalue weighted by molar-refractivity contribution is 5.98. The Morgan fingerprint density at radius 1 is 0.953 bits per heavy atom. The number of fused-ring (bicyclic) bond motifs is 1. The molecule has 1 aromatic heterocycles. The van der Waals surface area contributed by atoms with Gasteiger partial charge in [-0.1, -0.05) is 74.5 Å². The average Bonchev–Trinajstić information content (AvgIpc) is 3.01. The number of carboxylic acids is 1. The molecule has 0 aliphatic heterocycles. The molecule has 0 aliphatic carbocycles. The van der Waals surface area contributed by atoms with Crippen LogP contribution in [0.5, 0.6) is 0 Å². The van der Waals surface area contributed by atoms with Crippen LogP contribution in [0.25, 0.3) is 21.9 Å². The van der Waals surface area contributed by atoms with Crippen molar-refractivity contribution in [2.45, 2.75) is 59.9 Å². The number of carboxylic acid groups (broad SMARTS) is 1. The summed E-state index contributed by atoms with van der Waals surface area (Å²) < 4.78 is 0. The number of carbonyl (C=O) groups excluding carboxylic acids is 2. The van der Waals surface area contributed by atoms with Crippen LogP contribution in [-0.2, 0) is 14.4 Å². The quantitative estimate of drug-likeness (QED) is 0.107. The molecule has 1 atom stereocenters. The van der Waals surface area contributed by atoms with Crippen molar-refractivity contribution in [1.82, 2.24) is 15.6 Å². The minimum absolute atomic E-state index is 0.113. The largest absolute Gasteiger partial charge is 0.481 e. The average molecular weight is 585 g/mol. The van der Waals surface area contributed by atoms with E-state index >= 15 is 0 Å². The minimum Gasteiger partial charge on any atom is -0.481 e. The molecule has 0 spiro atoms. The van der Waals surface area contributed by atoms with Crippen molar-refractivity contribution < 1.29 is 19.5 Å². The topological polar surface area (TPSA) is 120 Å². The van der Waals surface area contributed by atoms with Gasteiger partial charge in [-0.15, -0.1) is 0 Å². The molecule has 0 aliphatic rings. The Balaban J connectivity index is 0.000000310. The second-order valence-electron chi connectivity index (χ2n) is 9.73. The van der Waals surface area contributed by atoms with Crippen LogP contribution in [0.4, 0.5) is 5.82 Å². The van der Waals surface area contributed by atoms with Gasteiger partial charge in [0.1, 0.15) is 5.82 Å². The molecule has 8 nitrogen and oxygen atoms in total. The molecule has 0 saturated heterocycles. The first-order valence-electron chi connectivity index (χ1n) is 14.8. The SMILES string of the molecule is CC.CCNC(=O)CCCNc1cc(C)ccn1.Cc1ccc(-c2ccc([C@H](CC(=O)O)NC=O)cc2)c2ccccc12. The van der Waals surface area contributed by atoms with E-state index in [-0.39, 0.29) is 12.3 Å². The Hall–Kier alpha value is -4.72. The molecule has 8 heteroatoms. The van der Waals surface area contributed by atoms with Gasteiger partial charge in [-0.05, 0) is 77.9 Å². The van der Waals surface area contributed by atoms with E-state index in [0.717, 1.165) is 35.5 Å². The van der Waals surface area contributed by atoms with Crippen LogP contribution in [0.15, 0.2) is 79.0 Å². The van der Waals surface area contributed by atoms with Crippen molar-refractivity contribution in [3.05, 3.63) is 95.7 Å². The van der Waals surface area contributed by atoms with Gasteiger partial charge in [-0.2, -0.15) is 0 Å². The van der Waals surface area contributed by atoms with Crippen LogP contribution in [0.2, 0.25) is 0 Å². The van der Waals surface area contributed by atoms with E-state index in [1.807, 2.05) is 76.2 Å². The number of benzene rings is 3. The highest BCUT2D eigenvalue weighted by Crippen LogP contribution is 2.31. The van der Waals surface area contributed by atoms with Gasteiger partial charge in [-0.25, -0.2) is 4.98 Å². The highest BCUT2D eigenvalue weighted by atomic mass is 16.4. The fourth-order valence-electron chi connectivity index (χ4n) is 4.51. The molecule has 0 radical (unpaired) electrons. The van der Waals surface area contributed by atoms with Crippen LogP contribution in [0, 0.1) is 13.8 Å². The molecular formula is C35H44N4O4. The summed E-state index contributed by atoms with van der Waals surface area (Å²) in [6.45, 7) is 11.5. The molecule has 3 aromatic carbocycles. The lowest BCUT2D eigenvalue weighted by Gasteiger charge is -2.15. The number of aromatic nitrogens is 1. The molecule has 4 aromatic rings. The van der Waals surface area contributed by atoms with Crippen molar-refractivity contribution in [3.63, 3.8) is 0 Å². The van der Waals surface area contributed by atoms with Crippen molar-refractivity contribution >= 4 is 34.9 Å². The highest BCUT2D eigenvalue weighted by Gasteiger charge is 2.15. The Kier molecular flexibility index (Phi) is 15.0. The second kappa shape index (κ2) is 18.7. The zero-order chi connectivity index (χ0) is 31.6. The van der Waals surface area contributed by atoms with E-state index in [1.54, 1.807) is 6.20 Å². The molecule has 2 amide bonds. The van der Waals surface area contributed by atoms with E-state index in [4.69, 9.17) is 5.11 Å². The predicted octanol–water partition coefficient (Wildman–Crippen LogP) is 6.82. The molecule has 228 valence electrons. The van der Waals surface area contributed by atoms with Crippen molar-refractivity contribution in [2.75, 3.05) is 18.4 Å². The maximum absolute atomic E-state index is 11.2. The number of hydrogen-bond acceptors (Lipinski definition) is 5. The minimum atomic E-state index is -0.951. The van der Waals surface area contributed by atoms with Crippen LogP contribution in [-0.4, -0.2) is 41.5 Å². The van der Waals surface area contributed by atoms with Gasteiger partial charge in [0, 0.05) is 25.7 Å². The van der Waals surface area contributed by atoms with Gasteiger partial charge < -0.3 is 21.1 Å². The molecule has 1 heterocycles. The third-order valence-electron chi connectivity index (χ3n) is 6.59. The summed E-state index contributed by atoms with van der Waals surface area (Å²) in [6.07, 6.45) is 3.55. The molecular weight excluding hydrogens is 540 g/mol. The third-order valence-corrected chi connectivity index (χ3v) is 6.59. The zero-order valence-corrected chi connectivity index (χ0v) is 25.8. The number of nitrogens with zero attached hydrogens (tertiary/aromatic N) is 1. The van der Waals surface area contributed by atoms with E-state index < -0.39 is 12.0 Å². The van der Waals surface area contributed by atoms with E-state index in [1.165, 1.54) is 21.9 Å². The number of rotatable bonds is 12. The van der Waals surface area contributed by atoms with E-state index in [0.29, 0.717) is 19.4 Å². The molecule has 4 rings (SSSR count). The standard InChI is InChI=1S/C21H19NO3.C12H19N3O.C2H6/c1-14-6-11-18(19-5-3-2-4-17(14)19)15-7-9-16(10-8-15)20(22-13-23)12-21(24)25;1-3-13-12(16)5-4-7-14-11-9-10(2)6-8-15-11;1-2/h2-11,13,20H,12H2,1H3,(H,22,23)(H,24,25);6,8-9H,3-5,7H2,1-2H3,(H,13,16)(H,14,15);1-2H3/t20-;;/m0../s1. The molecule has 4 N–H and O–H groups in total. The Morgan fingerprint density at radius 2 is 1.65 bits per heavy atom. The molecule has 43 heavy (non-hydrogen) atoms. The molecule has 0 unspecified atom stereocenters. The monoisotopic (exact) mass is 584 g/mol. The smallest absolute Gasteiger partial charge is 0.305 e. The molecule has 0 fully saturated rings.